The molecule has 0 aliphatic heterocycles. The minimum atomic E-state index is -0.286. The Morgan fingerprint density at radius 1 is 1.18 bits per heavy atom. The zero-order valence-corrected chi connectivity index (χ0v) is 10.6. The molecular weight excluding hydrogens is 232 g/mol. The summed E-state index contributed by atoms with van der Waals surface area (Å²) in [7, 11) is 0. The van der Waals surface area contributed by atoms with Crippen LogP contribution < -0.4 is 5.73 Å². The Hall–Kier alpha value is -1.75. The summed E-state index contributed by atoms with van der Waals surface area (Å²) < 4.78 is 0.264. The highest BCUT2D eigenvalue weighted by molar-refractivity contribution is 7.71. The third kappa shape index (κ3) is 2.34. The Kier molecular flexibility index (Phi) is 2.93. The van der Waals surface area contributed by atoms with E-state index >= 15 is 0 Å². The second-order valence-electron chi connectivity index (χ2n) is 4.36. The van der Waals surface area contributed by atoms with Gasteiger partial charge >= 0.3 is 0 Å². The smallest absolute Gasteiger partial charge is 0.224 e. The van der Waals surface area contributed by atoms with Gasteiger partial charge in [-0.05, 0) is 31.6 Å². The summed E-state index contributed by atoms with van der Waals surface area (Å²) >= 11 is 4.98. The van der Waals surface area contributed by atoms with Crippen molar-refractivity contribution in [3.63, 3.8) is 0 Å². The number of hydrogen-bond donors (Lipinski definition) is 2. The number of aromatic nitrogens is 3. The van der Waals surface area contributed by atoms with Crippen LogP contribution in [0.3, 0.4) is 0 Å². The van der Waals surface area contributed by atoms with Crippen molar-refractivity contribution >= 4 is 18.2 Å². The zero-order valence-electron chi connectivity index (χ0n) is 9.77. The van der Waals surface area contributed by atoms with E-state index in [2.05, 4.69) is 40.9 Å². The van der Waals surface area contributed by atoms with Crippen molar-refractivity contribution in [2.75, 3.05) is 5.73 Å². The maximum Gasteiger partial charge on any atom is 0.224 e. The van der Waals surface area contributed by atoms with Gasteiger partial charge in [-0.1, -0.05) is 30.3 Å². The zero-order chi connectivity index (χ0) is 12.5. The van der Waals surface area contributed by atoms with Gasteiger partial charge in [-0.15, -0.1) is 0 Å². The molecule has 0 saturated carbocycles. The van der Waals surface area contributed by atoms with Crippen molar-refractivity contribution in [3.8, 4) is 0 Å². The molecule has 1 aromatic carbocycles. The van der Waals surface area contributed by atoms with Gasteiger partial charge in [-0.25, -0.2) is 4.98 Å². The van der Waals surface area contributed by atoms with Crippen LogP contribution in [-0.2, 0) is 5.41 Å². The molecule has 0 amide bonds. The van der Waals surface area contributed by atoms with Crippen molar-refractivity contribution < 1.29 is 0 Å². The fourth-order valence-electron chi connectivity index (χ4n) is 1.69. The summed E-state index contributed by atoms with van der Waals surface area (Å²) in [6.07, 6.45) is 0. The molecule has 0 aliphatic carbocycles. The first-order chi connectivity index (χ1) is 8.00. The molecule has 0 spiro atoms. The Morgan fingerprint density at radius 3 is 2.41 bits per heavy atom. The molecule has 1 heterocycles. The summed E-state index contributed by atoms with van der Waals surface area (Å²) in [5, 5.41) is 0. The van der Waals surface area contributed by atoms with Crippen molar-refractivity contribution in [1.29, 1.82) is 0 Å². The van der Waals surface area contributed by atoms with Crippen molar-refractivity contribution in [2.24, 2.45) is 0 Å². The Labute approximate surface area is 105 Å². The van der Waals surface area contributed by atoms with Gasteiger partial charge in [0.15, 0.2) is 0 Å². The maximum absolute atomic E-state index is 5.66. The van der Waals surface area contributed by atoms with Crippen LogP contribution in [0.25, 0.3) is 0 Å². The summed E-state index contributed by atoms with van der Waals surface area (Å²) in [5.41, 5.74) is 6.52. The normalized spacial score (nSPS) is 11.4. The molecule has 3 N–H and O–H groups in total. The predicted molar refractivity (Wildman–Crippen MR) is 70.2 cm³/mol. The first-order valence-corrected chi connectivity index (χ1v) is 5.71. The van der Waals surface area contributed by atoms with Crippen LogP contribution in [0.2, 0.25) is 0 Å². The highest BCUT2D eigenvalue weighted by atomic mass is 32.1. The van der Waals surface area contributed by atoms with Gasteiger partial charge in [0.05, 0.1) is 0 Å². The molecule has 17 heavy (non-hydrogen) atoms. The van der Waals surface area contributed by atoms with E-state index in [0.29, 0.717) is 5.95 Å². The number of rotatable bonds is 2. The van der Waals surface area contributed by atoms with Crippen LogP contribution in [0, 0.1) is 4.77 Å². The molecule has 5 heteroatoms. The SMILES string of the molecule is CC(C)(c1ccccc1)c1nc(=S)nc(N)[nH]1. The summed E-state index contributed by atoms with van der Waals surface area (Å²) in [4.78, 5) is 11.1. The molecule has 0 radical (unpaired) electrons. The van der Waals surface area contributed by atoms with E-state index in [0.717, 1.165) is 11.4 Å². The number of nitrogens with one attached hydrogen (secondary N) is 1. The van der Waals surface area contributed by atoms with Gasteiger partial charge in [0.2, 0.25) is 10.7 Å². The maximum atomic E-state index is 5.66. The lowest BCUT2D eigenvalue weighted by molar-refractivity contribution is 0.585. The van der Waals surface area contributed by atoms with E-state index in [-0.39, 0.29) is 10.2 Å². The van der Waals surface area contributed by atoms with E-state index < -0.39 is 0 Å². The number of nitrogen functional groups attached to an aromatic ring is 1. The quantitative estimate of drug-likeness (QED) is 0.799. The Balaban J connectivity index is 2.55. The van der Waals surface area contributed by atoms with Crippen molar-refractivity contribution in [3.05, 3.63) is 46.5 Å². The fraction of sp³-hybridized carbons (Fsp3) is 0.250. The minimum absolute atomic E-state index is 0.264. The average Bonchev–Trinajstić information content (AvgIpc) is 2.29. The number of aromatic amines is 1. The molecule has 1 aromatic heterocycles. The van der Waals surface area contributed by atoms with E-state index in [9.17, 15) is 0 Å². The molecule has 0 unspecified atom stereocenters. The molecule has 2 rings (SSSR count). The molecule has 0 bridgehead atoms. The number of H-pyrrole nitrogens is 1. The van der Waals surface area contributed by atoms with Gasteiger partial charge in [0, 0.05) is 5.41 Å². The van der Waals surface area contributed by atoms with Crippen molar-refractivity contribution in [2.45, 2.75) is 19.3 Å². The third-order valence-electron chi connectivity index (χ3n) is 2.76. The summed E-state index contributed by atoms with van der Waals surface area (Å²) in [6, 6.07) is 10.1. The number of anilines is 1. The Bertz CT molecular complexity index is 575. The van der Waals surface area contributed by atoms with E-state index in [4.69, 9.17) is 18.0 Å². The molecule has 0 fully saturated rings. The standard InChI is InChI=1S/C12H14N4S/c1-12(2,8-6-4-3-5-7-8)9-14-10(13)16-11(17)15-9/h3-7H,1-2H3,(H3,13,14,15,16,17). The highest BCUT2D eigenvalue weighted by Gasteiger charge is 2.25. The number of benzene rings is 1. The van der Waals surface area contributed by atoms with Gasteiger partial charge in [-0.3, -0.25) is 0 Å². The predicted octanol–water partition coefficient (Wildman–Crippen LogP) is 2.44. The molecule has 0 aliphatic rings. The van der Waals surface area contributed by atoms with Crippen LogP contribution in [0.1, 0.15) is 25.2 Å². The lowest BCUT2D eigenvalue weighted by Crippen LogP contribution is -2.23. The number of hydrogen-bond acceptors (Lipinski definition) is 4. The molecule has 0 atom stereocenters. The first kappa shape index (κ1) is 11.7. The summed E-state index contributed by atoms with van der Waals surface area (Å²) in [6.45, 7) is 4.13. The Morgan fingerprint density at radius 2 is 1.82 bits per heavy atom. The van der Waals surface area contributed by atoms with E-state index in [1.54, 1.807) is 0 Å². The van der Waals surface area contributed by atoms with Crippen LogP contribution >= 0.6 is 12.2 Å². The second kappa shape index (κ2) is 4.25. The minimum Gasteiger partial charge on any atom is -0.369 e. The monoisotopic (exact) mass is 246 g/mol. The average molecular weight is 246 g/mol. The summed E-state index contributed by atoms with van der Waals surface area (Å²) in [5.74, 6) is 1.02. The first-order valence-electron chi connectivity index (χ1n) is 5.30. The van der Waals surface area contributed by atoms with Gasteiger partial charge in [-0.2, -0.15) is 4.98 Å². The van der Waals surface area contributed by atoms with Gasteiger partial charge in [0.25, 0.3) is 0 Å². The molecule has 2 aromatic rings. The lowest BCUT2D eigenvalue weighted by atomic mass is 9.84. The highest BCUT2D eigenvalue weighted by Crippen LogP contribution is 2.28. The van der Waals surface area contributed by atoms with Gasteiger partial charge in [0.1, 0.15) is 5.82 Å². The molecular formula is C12H14N4S. The van der Waals surface area contributed by atoms with Crippen LogP contribution in [-0.4, -0.2) is 15.0 Å². The van der Waals surface area contributed by atoms with Crippen molar-refractivity contribution in [1.82, 2.24) is 15.0 Å². The van der Waals surface area contributed by atoms with Crippen LogP contribution in [0.5, 0.6) is 0 Å². The van der Waals surface area contributed by atoms with Crippen LogP contribution in [0.4, 0.5) is 5.95 Å². The van der Waals surface area contributed by atoms with Gasteiger partial charge < -0.3 is 10.7 Å². The number of nitrogens with two attached hydrogens (primary N) is 1. The molecule has 88 valence electrons. The van der Waals surface area contributed by atoms with E-state index in [1.807, 2.05) is 18.2 Å². The fourth-order valence-corrected chi connectivity index (χ4v) is 1.88. The molecule has 0 saturated heterocycles. The number of nitrogens with zero attached hydrogens (tertiary/aromatic N) is 2. The topological polar surface area (TPSA) is 67.6 Å². The van der Waals surface area contributed by atoms with E-state index in [1.165, 1.54) is 0 Å². The molecule has 4 nitrogen and oxygen atoms in total. The van der Waals surface area contributed by atoms with Crippen LogP contribution in [0.15, 0.2) is 30.3 Å². The largest absolute Gasteiger partial charge is 0.369 e. The lowest BCUT2D eigenvalue weighted by Gasteiger charge is -2.24. The third-order valence-corrected chi connectivity index (χ3v) is 2.94. The second-order valence-corrected chi connectivity index (χ2v) is 4.72.